The summed E-state index contributed by atoms with van der Waals surface area (Å²) in [5.41, 5.74) is 6.85. The summed E-state index contributed by atoms with van der Waals surface area (Å²) >= 11 is 0. The normalized spacial score (nSPS) is 16.0. The average molecular weight is 294 g/mol. The number of carbonyl (C=O) groups excluding carboxylic acids is 1. The van der Waals surface area contributed by atoms with E-state index in [2.05, 4.69) is 0 Å². The smallest absolute Gasteiger partial charge is 0.255 e. The second kappa shape index (κ2) is 7.28. The molecule has 0 atom stereocenters. The first kappa shape index (κ1) is 15.6. The lowest BCUT2D eigenvalue weighted by molar-refractivity contribution is -0.00552. The number of methoxy groups -OCH3 is 1. The zero-order valence-corrected chi connectivity index (χ0v) is 12.2. The maximum atomic E-state index is 12.5. The molecule has 0 aromatic heterocycles. The second-order valence-electron chi connectivity index (χ2n) is 5.04. The van der Waals surface area contributed by atoms with Gasteiger partial charge in [-0.1, -0.05) is 0 Å². The molecule has 6 heteroatoms. The van der Waals surface area contributed by atoms with Gasteiger partial charge in [-0.2, -0.15) is 0 Å². The molecule has 1 saturated heterocycles. The average Bonchev–Trinajstić information content (AvgIpc) is 2.52. The number of carbonyl (C=O) groups is 1. The minimum atomic E-state index is -0.0595. The van der Waals surface area contributed by atoms with Gasteiger partial charge in [-0.15, -0.1) is 0 Å². The summed E-state index contributed by atoms with van der Waals surface area (Å²) in [6, 6.07) is 5.09. The maximum Gasteiger partial charge on any atom is 0.255 e. The number of anilines is 1. The Hall–Kier alpha value is -1.79. The van der Waals surface area contributed by atoms with Crippen LogP contribution in [0.3, 0.4) is 0 Å². The first-order chi connectivity index (χ1) is 10.2. The lowest BCUT2D eigenvalue weighted by Gasteiger charge is -2.32. The van der Waals surface area contributed by atoms with E-state index < -0.39 is 0 Å². The molecule has 6 nitrogen and oxygen atoms in total. The van der Waals surface area contributed by atoms with Crippen molar-refractivity contribution in [2.75, 3.05) is 39.1 Å². The molecule has 3 N–H and O–H groups in total. The number of amides is 1. The molecule has 0 radical (unpaired) electrons. The van der Waals surface area contributed by atoms with Crippen molar-refractivity contribution in [1.29, 1.82) is 0 Å². The first-order valence-electron chi connectivity index (χ1n) is 7.11. The molecule has 1 heterocycles. The largest absolute Gasteiger partial charge is 0.497 e. The van der Waals surface area contributed by atoms with Crippen molar-refractivity contribution in [2.24, 2.45) is 0 Å². The van der Waals surface area contributed by atoms with Crippen molar-refractivity contribution in [3.05, 3.63) is 23.8 Å². The number of benzene rings is 1. The number of hydrogen-bond donors (Lipinski definition) is 2. The van der Waals surface area contributed by atoms with E-state index in [1.54, 1.807) is 30.2 Å². The Morgan fingerprint density at radius 1 is 1.43 bits per heavy atom. The summed E-state index contributed by atoms with van der Waals surface area (Å²) in [6.07, 6.45) is 1.68. The van der Waals surface area contributed by atoms with Crippen LogP contribution in [0.1, 0.15) is 23.2 Å². The topological polar surface area (TPSA) is 85.0 Å². The molecular formula is C15H22N2O4. The summed E-state index contributed by atoms with van der Waals surface area (Å²) in [5.74, 6) is 0.580. The van der Waals surface area contributed by atoms with Gasteiger partial charge in [-0.05, 0) is 25.0 Å². The SMILES string of the molecule is COc1ccc(C(=O)N2CCC(OCCO)CC2)c(N)c1. The van der Waals surface area contributed by atoms with E-state index in [0.29, 0.717) is 36.7 Å². The summed E-state index contributed by atoms with van der Waals surface area (Å²) in [7, 11) is 1.56. The van der Waals surface area contributed by atoms with E-state index in [1.165, 1.54) is 0 Å². The van der Waals surface area contributed by atoms with Gasteiger partial charge in [-0.3, -0.25) is 4.79 Å². The number of hydrogen-bond acceptors (Lipinski definition) is 5. The van der Waals surface area contributed by atoms with Gasteiger partial charge in [0.15, 0.2) is 0 Å². The zero-order valence-electron chi connectivity index (χ0n) is 12.2. The van der Waals surface area contributed by atoms with Gasteiger partial charge in [0.2, 0.25) is 0 Å². The van der Waals surface area contributed by atoms with Crippen LogP contribution in [0.5, 0.6) is 5.75 Å². The Morgan fingerprint density at radius 3 is 2.71 bits per heavy atom. The molecule has 1 amide bonds. The Kier molecular flexibility index (Phi) is 5.41. The van der Waals surface area contributed by atoms with Gasteiger partial charge in [0.25, 0.3) is 5.91 Å². The molecular weight excluding hydrogens is 272 g/mol. The van der Waals surface area contributed by atoms with Crippen LogP contribution in [0.15, 0.2) is 18.2 Å². The van der Waals surface area contributed by atoms with E-state index in [4.69, 9.17) is 20.3 Å². The molecule has 1 aromatic carbocycles. The predicted octanol–water partition coefficient (Wildman–Crippen LogP) is 0.891. The van der Waals surface area contributed by atoms with Crippen LogP contribution in [0, 0.1) is 0 Å². The Morgan fingerprint density at radius 2 is 2.14 bits per heavy atom. The molecule has 0 spiro atoms. The van der Waals surface area contributed by atoms with Crippen molar-refractivity contribution < 1.29 is 19.4 Å². The molecule has 1 aliphatic heterocycles. The van der Waals surface area contributed by atoms with E-state index in [9.17, 15) is 4.79 Å². The summed E-state index contributed by atoms with van der Waals surface area (Å²) in [4.78, 5) is 14.3. The summed E-state index contributed by atoms with van der Waals surface area (Å²) < 4.78 is 10.6. The van der Waals surface area contributed by atoms with Crippen LogP contribution in [0.2, 0.25) is 0 Å². The number of nitrogens with two attached hydrogens (primary N) is 1. The van der Waals surface area contributed by atoms with Crippen LogP contribution < -0.4 is 10.5 Å². The van der Waals surface area contributed by atoms with Crippen molar-refractivity contribution in [1.82, 2.24) is 4.90 Å². The third kappa shape index (κ3) is 3.86. The number of ether oxygens (including phenoxy) is 2. The van der Waals surface area contributed by atoms with Crippen LogP contribution >= 0.6 is 0 Å². The standard InChI is InChI=1S/C15H22N2O4/c1-20-12-2-3-13(14(16)10-12)15(19)17-6-4-11(5-7-17)21-9-8-18/h2-3,10-11,18H,4-9,16H2,1H3. The number of piperidine rings is 1. The summed E-state index contributed by atoms with van der Waals surface area (Å²) in [6.45, 7) is 1.66. The van der Waals surface area contributed by atoms with Gasteiger partial charge in [0.1, 0.15) is 5.75 Å². The number of rotatable bonds is 5. The molecule has 2 rings (SSSR count). The van der Waals surface area contributed by atoms with Gasteiger partial charge < -0.3 is 25.2 Å². The van der Waals surface area contributed by atoms with Crippen LogP contribution in [-0.2, 0) is 4.74 Å². The van der Waals surface area contributed by atoms with E-state index in [-0.39, 0.29) is 18.6 Å². The monoisotopic (exact) mass is 294 g/mol. The summed E-state index contributed by atoms with van der Waals surface area (Å²) in [5, 5.41) is 8.75. The Balaban J connectivity index is 1.95. The minimum Gasteiger partial charge on any atom is -0.497 e. The van der Waals surface area contributed by atoms with Gasteiger partial charge in [0, 0.05) is 24.8 Å². The van der Waals surface area contributed by atoms with Crippen LogP contribution in [-0.4, -0.2) is 55.4 Å². The van der Waals surface area contributed by atoms with Crippen molar-refractivity contribution in [3.8, 4) is 5.75 Å². The van der Waals surface area contributed by atoms with Crippen molar-refractivity contribution in [2.45, 2.75) is 18.9 Å². The Labute approximate surface area is 124 Å². The van der Waals surface area contributed by atoms with Crippen molar-refractivity contribution >= 4 is 11.6 Å². The molecule has 0 saturated carbocycles. The third-order valence-electron chi connectivity index (χ3n) is 3.66. The molecule has 0 bridgehead atoms. The number of aliphatic hydroxyl groups is 1. The molecule has 21 heavy (non-hydrogen) atoms. The molecule has 1 aromatic rings. The highest BCUT2D eigenvalue weighted by Crippen LogP contribution is 2.23. The number of likely N-dealkylation sites (tertiary alicyclic amines) is 1. The number of aliphatic hydroxyl groups excluding tert-OH is 1. The fourth-order valence-electron chi connectivity index (χ4n) is 2.48. The fraction of sp³-hybridized carbons (Fsp3) is 0.533. The molecule has 1 aliphatic rings. The highest BCUT2D eigenvalue weighted by molar-refractivity contribution is 5.99. The predicted molar refractivity (Wildman–Crippen MR) is 79.4 cm³/mol. The maximum absolute atomic E-state index is 12.5. The molecule has 0 unspecified atom stereocenters. The lowest BCUT2D eigenvalue weighted by Crippen LogP contribution is -2.41. The van der Waals surface area contributed by atoms with Gasteiger partial charge in [0.05, 0.1) is 32.0 Å². The zero-order chi connectivity index (χ0) is 15.2. The number of nitrogen functional groups attached to an aromatic ring is 1. The second-order valence-corrected chi connectivity index (χ2v) is 5.04. The first-order valence-corrected chi connectivity index (χ1v) is 7.11. The van der Waals surface area contributed by atoms with E-state index >= 15 is 0 Å². The molecule has 0 aliphatic carbocycles. The fourth-order valence-corrected chi connectivity index (χ4v) is 2.48. The molecule has 116 valence electrons. The van der Waals surface area contributed by atoms with E-state index in [1.807, 2.05) is 0 Å². The Bertz CT molecular complexity index is 485. The van der Waals surface area contributed by atoms with Crippen LogP contribution in [0.25, 0.3) is 0 Å². The number of nitrogens with zero attached hydrogens (tertiary/aromatic N) is 1. The van der Waals surface area contributed by atoms with Crippen molar-refractivity contribution in [3.63, 3.8) is 0 Å². The lowest BCUT2D eigenvalue weighted by atomic mass is 10.1. The van der Waals surface area contributed by atoms with Gasteiger partial charge in [-0.25, -0.2) is 0 Å². The highest BCUT2D eigenvalue weighted by atomic mass is 16.5. The quantitative estimate of drug-likeness (QED) is 0.788. The van der Waals surface area contributed by atoms with E-state index in [0.717, 1.165) is 12.8 Å². The van der Waals surface area contributed by atoms with Gasteiger partial charge >= 0.3 is 0 Å². The highest BCUT2D eigenvalue weighted by Gasteiger charge is 2.25. The molecule has 1 fully saturated rings. The third-order valence-corrected chi connectivity index (χ3v) is 3.66. The van der Waals surface area contributed by atoms with Crippen LogP contribution in [0.4, 0.5) is 5.69 Å². The minimum absolute atomic E-state index is 0.0293.